The molecule has 1 aromatic carbocycles. The van der Waals surface area contributed by atoms with Crippen molar-refractivity contribution in [2.75, 3.05) is 37.3 Å². The lowest BCUT2D eigenvalue weighted by atomic mass is 10.1. The van der Waals surface area contributed by atoms with Crippen molar-refractivity contribution in [2.45, 2.75) is 11.3 Å². The average Bonchev–Trinajstić information content (AvgIpc) is 2.96. The number of thioether (sulfide) groups is 1. The van der Waals surface area contributed by atoms with Gasteiger partial charge in [-0.25, -0.2) is 0 Å². The summed E-state index contributed by atoms with van der Waals surface area (Å²) in [5.74, 6) is -0.649. The normalized spacial score (nSPS) is 21.5. The summed E-state index contributed by atoms with van der Waals surface area (Å²) in [6.07, 6.45) is 2.19. The maximum Gasteiger partial charge on any atom is 0.239 e. The van der Waals surface area contributed by atoms with Crippen LogP contribution in [0, 0.1) is 5.92 Å². The average molecular weight is 333 g/mol. The van der Waals surface area contributed by atoms with Gasteiger partial charge >= 0.3 is 0 Å². The van der Waals surface area contributed by atoms with Crippen molar-refractivity contribution in [2.24, 2.45) is 5.92 Å². The Bertz CT molecular complexity index is 649. The van der Waals surface area contributed by atoms with Crippen molar-refractivity contribution in [3.63, 3.8) is 0 Å². The summed E-state index contributed by atoms with van der Waals surface area (Å²) in [5, 5.41) is 2.70. The summed E-state index contributed by atoms with van der Waals surface area (Å²) in [4.78, 5) is 40.6. The summed E-state index contributed by atoms with van der Waals surface area (Å²) in [7, 11) is 0. The maximum atomic E-state index is 12.6. The first kappa shape index (κ1) is 15.9. The SMILES string of the molecule is CSc1cccc(N2C[C@H](C(=O)N3CCNC(=O)C3)CC2=O)c1. The number of nitrogens with zero attached hydrogens (tertiary/aromatic N) is 2. The van der Waals surface area contributed by atoms with E-state index in [1.54, 1.807) is 21.6 Å². The Hall–Kier alpha value is -2.02. The van der Waals surface area contributed by atoms with Gasteiger partial charge < -0.3 is 15.1 Å². The predicted octanol–water partition coefficient (Wildman–Crippen LogP) is 0.720. The Balaban J connectivity index is 1.71. The molecule has 3 rings (SSSR count). The fourth-order valence-electron chi connectivity index (χ4n) is 2.99. The molecular weight excluding hydrogens is 314 g/mol. The van der Waals surface area contributed by atoms with Crippen molar-refractivity contribution in [3.05, 3.63) is 24.3 Å². The third-order valence-electron chi connectivity index (χ3n) is 4.19. The smallest absolute Gasteiger partial charge is 0.239 e. The minimum absolute atomic E-state index is 0.0388. The first-order valence-corrected chi connectivity index (χ1v) is 8.81. The van der Waals surface area contributed by atoms with Crippen molar-refractivity contribution in [1.82, 2.24) is 10.2 Å². The molecule has 0 unspecified atom stereocenters. The lowest BCUT2D eigenvalue weighted by Crippen LogP contribution is -2.51. The van der Waals surface area contributed by atoms with Crippen molar-refractivity contribution >= 4 is 35.2 Å². The molecule has 3 amide bonds. The van der Waals surface area contributed by atoms with E-state index in [9.17, 15) is 14.4 Å². The Morgan fingerprint density at radius 2 is 2.17 bits per heavy atom. The van der Waals surface area contributed by atoms with E-state index < -0.39 is 0 Å². The van der Waals surface area contributed by atoms with Gasteiger partial charge in [-0.2, -0.15) is 0 Å². The highest BCUT2D eigenvalue weighted by atomic mass is 32.2. The van der Waals surface area contributed by atoms with Crippen LogP contribution in [0.2, 0.25) is 0 Å². The molecule has 2 heterocycles. The second kappa shape index (κ2) is 6.62. The third kappa shape index (κ3) is 3.34. The van der Waals surface area contributed by atoms with Crippen molar-refractivity contribution in [3.8, 4) is 0 Å². The molecule has 0 radical (unpaired) electrons. The molecule has 2 aliphatic rings. The van der Waals surface area contributed by atoms with Gasteiger partial charge in [0.15, 0.2) is 0 Å². The molecule has 122 valence electrons. The van der Waals surface area contributed by atoms with Crippen molar-refractivity contribution < 1.29 is 14.4 Å². The van der Waals surface area contributed by atoms with E-state index >= 15 is 0 Å². The van der Waals surface area contributed by atoms with Gasteiger partial charge in [0.1, 0.15) is 0 Å². The van der Waals surface area contributed by atoms with E-state index in [0.29, 0.717) is 19.6 Å². The third-order valence-corrected chi connectivity index (χ3v) is 4.91. The van der Waals surface area contributed by atoms with E-state index in [2.05, 4.69) is 5.32 Å². The van der Waals surface area contributed by atoms with Gasteiger partial charge in [-0.3, -0.25) is 14.4 Å². The number of carbonyl (C=O) groups is 3. The van der Waals surface area contributed by atoms with E-state index in [1.807, 2.05) is 30.5 Å². The number of hydrogen-bond acceptors (Lipinski definition) is 4. The lowest BCUT2D eigenvalue weighted by molar-refractivity contribution is -0.141. The summed E-state index contributed by atoms with van der Waals surface area (Å²) in [5.41, 5.74) is 0.827. The molecule has 0 spiro atoms. The zero-order valence-corrected chi connectivity index (χ0v) is 13.8. The fourth-order valence-corrected chi connectivity index (χ4v) is 3.44. The van der Waals surface area contributed by atoms with E-state index in [-0.39, 0.29) is 36.6 Å². The van der Waals surface area contributed by atoms with Crippen LogP contribution in [-0.4, -0.2) is 55.1 Å². The quantitative estimate of drug-likeness (QED) is 0.828. The number of nitrogens with one attached hydrogen (secondary N) is 1. The Morgan fingerprint density at radius 1 is 1.35 bits per heavy atom. The summed E-state index contributed by atoms with van der Waals surface area (Å²) < 4.78 is 0. The molecule has 6 nitrogen and oxygen atoms in total. The van der Waals surface area contributed by atoms with Crippen LogP contribution in [0.4, 0.5) is 5.69 Å². The monoisotopic (exact) mass is 333 g/mol. The molecule has 0 saturated carbocycles. The Kier molecular flexibility index (Phi) is 4.56. The molecule has 0 bridgehead atoms. The van der Waals surface area contributed by atoms with Crippen LogP contribution in [0.5, 0.6) is 0 Å². The van der Waals surface area contributed by atoms with E-state index in [4.69, 9.17) is 0 Å². The van der Waals surface area contributed by atoms with E-state index in [1.165, 1.54) is 0 Å². The fraction of sp³-hybridized carbons (Fsp3) is 0.438. The standard InChI is InChI=1S/C16H19N3O3S/c1-23-13-4-2-3-12(8-13)19-9-11(7-15(19)21)16(22)18-6-5-17-14(20)10-18/h2-4,8,11H,5-7,9-10H2,1H3,(H,17,20)/t11-/m1/s1. The molecule has 0 aliphatic carbocycles. The number of rotatable bonds is 3. The first-order valence-electron chi connectivity index (χ1n) is 7.58. The van der Waals surface area contributed by atoms with Crippen LogP contribution in [0.3, 0.4) is 0 Å². The predicted molar refractivity (Wildman–Crippen MR) is 88.3 cm³/mol. The molecule has 2 fully saturated rings. The van der Waals surface area contributed by atoms with Gasteiger partial charge in [-0.1, -0.05) is 6.07 Å². The highest BCUT2D eigenvalue weighted by Gasteiger charge is 2.38. The second-order valence-electron chi connectivity index (χ2n) is 5.72. The summed E-state index contributed by atoms with van der Waals surface area (Å²) in [6, 6.07) is 7.75. The number of piperazine rings is 1. The highest BCUT2D eigenvalue weighted by molar-refractivity contribution is 7.98. The molecule has 2 saturated heterocycles. The minimum Gasteiger partial charge on any atom is -0.353 e. The van der Waals surface area contributed by atoms with Gasteiger partial charge in [-0.05, 0) is 24.5 Å². The van der Waals surface area contributed by atoms with E-state index in [0.717, 1.165) is 10.6 Å². The highest BCUT2D eigenvalue weighted by Crippen LogP contribution is 2.29. The van der Waals surface area contributed by atoms with Gasteiger partial charge in [-0.15, -0.1) is 11.8 Å². The van der Waals surface area contributed by atoms with Crippen molar-refractivity contribution in [1.29, 1.82) is 0 Å². The van der Waals surface area contributed by atoms with Crippen LogP contribution in [0.1, 0.15) is 6.42 Å². The molecule has 0 aromatic heterocycles. The minimum atomic E-state index is -0.369. The van der Waals surface area contributed by atoms with Crippen LogP contribution in [0.15, 0.2) is 29.2 Å². The Morgan fingerprint density at radius 3 is 2.91 bits per heavy atom. The molecule has 2 aliphatic heterocycles. The van der Waals surface area contributed by atoms with Gasteiger partial charge in [0.05, 0.1) is 12.5 Å². The van der Waals surface area contributed by atoms with Crippen LogP contribution in [0.25, 0.3) is 0 Å². The number of carbonyl (C=O) groups excluding carboxylic acids is 3. The maximum absolute atomic E-state index is 12.6. The molecule has 1 N–H and O–H groups in total. The topological polar surface area (TPSA) is 69.7 Å². The second-order valence-corrected chi connectivity index (χ2v) is 6.60. The van der Waals surface area contributed by atoms with Crippen LogP contribution >= 0.6 is 11.8 Å². The van der Waals surface area contributed by atoms with Gasteiger partial charge in [0.2, 0.25) is 17.7 Å². The molecular formula is C16H19N3O3S. The first-order chi connectivity index (χ1) is 11.1. The number of anilines is 1. The summed E-state index contributed by atoms with van der Waals surface area (Å²) >= 11 is 1.62. The number of benzene rings is 1. The van der Waals surface area contributed by atoms with Crippen LogP contribution in [-0.2, 0) is 14.4 Å². The molecule has 1 atom stereocenters. The number of hydrogen-bond donors (Lipinski definition) is 1. The number of amides is 3. The molecule has 23 heavy (non-hydrogen) atoms. The van der Waals surface area contributed by atoms with Gasteiger partial charge in [0.25, 0.3) is 0 Å². The molecule has 7 heteroatoms. The Labute approximate surface area is 139 Å². The zero-order chi connectivity index (χ0) is 16.4. The molecule has 1 aromatic rings. The zero-order valence-electron chi connectivity index (χ0n) is 12.9. The summed E-state index contributed by atoms with van der Waals surface area (Å²) in [6.45, 7) is 1.46. The lowest BCUT2D eigenvalue weighted by Gasteiger charge is -2.28. The largest absolute Gasteiger partial charge is 0.353 e. The van der Waals surface area contributed by atoms with Gasteiger partial charge in [0, 0.05) is 36.6 Å². The van der Waals surface area contributed by atoms with Crippen LogP contribution < -0.4 is 10.2 Å².